The Kier molecular flexibility index (Phi) is 5.22. The molecule has 0 bridgehead atoms. The molecule has 0 aliphatic heterocycles. The maximum Gasteiger partial charge on any atom is 0.249 e. The van der Waals surface area contributed by atoms with Gasteiger partial charge in [0.05, 0.1) is 13.7 Å². The molecule has 2 N–H and O–H groups in total. The average Bonchev–Trinajstić information content (AvgIpc) is 2.91. The van der Waals surface area contributed by atoms with Gasteiger partial charge in [-0.05, 0) is 37.6 Å². The number of amides is 1. The van der Waals surface area contributed by atoms with Crippen LogP contribution in [0.25, 0.3) is 10.9 Å². The Labute approximate surface area is 124 Å². The van der Waals surface area contributed by atoms with Gasteiger partial charge >= 0.3 is 0 Å². The van der Waals surface area contributed by atoms with Crippen molar-refractivity contribution in [2.75, 3.05) is 13.7 Å². The van der Waals surface area contributed by atoms with E-state index in [1.807, 2.05) is 31.2 Å². The standard InChI is InChI=1S/C16H22N2O3/c1-4-7-21-11(2)16(19)17-10-13-8-12-9-14(20-3)5-6-15(12)18-13/h5-6,8-9,11,18H,4,7,10H2,1-3H3,(H,17,19)/t11-/m0/s1. The monoisotopic (exact) mass is 290 g/mol. The highest BCUT2D eigenvalue weighted by atomic mass is 16.5. The fourth-order valence-corrected chi connectivity index (χ4v) is 2.09. The number of benzene rings is 1. The van der Waals surface area contributed by atoms with Gasteiger partial charge < -0.3 is 19.8 Å². The van der Waals surface area contributed by atoms with Gasteiger partial charge in [-0.1, -0.05) is 6.92 Å². The molecule has 1 heterocycles. The lowest BCUT2D eigenvalue weighted by molar-refractivity contribution is -0.131. The molecule has 0 aliphatic carbocycles. The van der Waals surface area contributed by atoms with Gasteiger partial charge in [-0.15, -0.1) is 0 Å². The van der Waals surface area contributed by atoms with Crippen molar-refractivity contribution in [2.24, 2.45) is 0 Å². The number of H-pyrrole nitrogens is 1. The summed E-state index contributed by atoms with van der Waals surface area (Å²) >= 11 is 0. The molecule has 0 saturated heterocycles. The Morgan fingerprint density at radius 3 is 2.90 bits per heavy atom. The van der Waals surface area contributed by atoms with Crippen LogP contribution in [0.5, 0.6) is 5.75 Å². The summed E-state index contributed by atoms with van der Waals surface area (Å²) in [5.74, 6) is 0.721. The summed E-state index contributed by atoms with van der Waals surface area (Å²) in [6.07, 6.45) is 0.482. The molecule has 1 amide bonds. The SMILES string of the molecule is CCCO[C@@H](C)C(=O)NCc1cc2cc(OC)ccc2[nH]1. The highest BCUT2D eigenvalue weighted by molar-refractivity contribution is 5.83. The Hall–Kier alpha value is -2.01. The third-order valence-corrected chi connectivity index (χ3v) is 3.28. The van der Waals surface area contributed by atoms with E-state index in [9.17, 15) is 4.79 Å². The van der Waals surface area contributed by atoms with Gasteiger partial charge in [-0.3, -0.25) is 4.79 Å². The van der Waals surface area contributed by atoms with Crippen molar-refractivity contribution in [1.29, 1.82) is 0 Å². The molecule has 21 heavy (non-hydrogen) atoms. The fourth-order valence-electron chi connectivity index (χ4n) is 2.09. The summed E-state index contributed by atoms with van der Waals surface area (Å²) < 4.78 is 10.6. The van der Waals surface area contributed by atoms with Gasteiger partial charge in [-0.2, -0.15) is 0 Å². The van der Waals surface area contributed by atoms with Gasteiger partial charge in [0, 0.05) is 23.2 Å². The number of carbonyl (C=O) groups excluding carboxylic acids is 1. The van der Waals surface area contributed by atoms with E-state index in [0.29, 0.717) is 13.2 Å². The van der Waals surface area contributed by atoms with Gasteiger partial charge in [-0.25, -0.2) is 0 Å². The molecular formula is C16H22N2O3. The molecule has 0 saturated carbocycles. The minimum absolute atomic E-state index is 0.0975. The van der Waals surface area contributed by atoms with E-state index in [4.69, 9.17) is 9.47 Å². The number of aromatic nitrogens is 1. The molecule has 114 valence electrons. The molecule has 5 nitrogen and oxygen atoms in total. The second-order valence-corrected chi connectivity index (χ2v) is 4.98. The van der Waals surface area contributed by atoms with Crippen molar-refractivity contribution in [2.45, 2.75) is 32.9 Å². The van der Waals surface area contributed by atoms with Crippen molar-refractivity contribution in [1.82, 2.24) is 10.3 Å². The summed E-state index contributed by atoms with van der Waals surface area (Å²) in [7, 11) is 1.65. The number of rotatable bonds is 7. The molecule has 2 rings (SSSR count). The molecule has 0 fully saturated rings. The zero-order chi connectivity index (χ0) is 15.2. The second kappa shape index (κ2) is 7.13. The van der Waals surface area contributed by atoms with Crippen LogP contribution in [0, 0.1) is 0 Å². The van der Waals surface area contributed by atoms with E-state index in [2.05, 4.69) is 10.3 Å². The maximum atomic E-state index is 11.9. The normalized spacial score (nSPS) is 12.3. The topological polar surface area (TPSA) is 63.4 Å². The highest BCUT2D eigenvalue weighted by Crippen LogP contribution is 2.21. The lowest BCUT2D eigenvalue weighted by atomic mass is 10.2. The zero-order valence-electron chi connectivity index (χ0n) is 12.7. The van der Waals surface area contributed by atoms with Crippen LogP contribution in [0.4, 0.5) is 0 Å². The molecule has 0 aliphatic rings. The van der Waals surface area contributed by atoms with Crippen LogP contribution < -0.4 is 10.1 Å². The van der Waals surface area contributed by atoms with E-state index in [1.54, 1.807) is 14.0 Å². The number of methoxy groups -OCH3 is 1. The second-order valence-electron chi connectivity index (χ2n) is 4.98. The quantitative estimate of drug-likeness (QED) is 0.824. The minimum Gasteiger partial charge on any atom is -0.497 e. The Morgan fingerprint density at radius 1 is 1.38 bits per heavy atom. The van der Waals surface area contributed by atoms with Crippen LogP contribution in [0.3, 0.4) is 0 Å². The number of hydrogen-bond acceptors (Lipinski definition) is 3. The molecule has 1 atom stereocenters. The molecule has 0 unspecified atom stereocenters. The van der Waals surface area contributed by atoms with E-state index in [1.165, 1.54) is 0 Å². The van der Waals surface area contributed by atoms with Crippen LogP contribution in [-0.4, -0.2) is 30.7 Å². The number of fused-ring (bicyclic) bond motifs is 1. The number of hydrogen-bond donors (Lipinski definition) is 2. The Balaban J connectivity index is 1.95. The maximum absolute atomic E-state index is 11.9. The first-order valence-electron chi connectivity index (χ1n) is 7.19. The van der Waals surface area contributed by atoms with Crippen molar-refractivity contribution < 1.29 is 14.3 Å². The van der Waals surface area contributed by atoms with Gasteiger partial charge in [0.1, 0.15) is 11.9 Å². The van der Waals surface area contributed by atoms with Crippen LogP contribution in [-0.2, 0) is 16.1 Å². The molecule has 1 aromatic carbocycles. The van der Waals surface area contributed by atoms with Crippen LogP contribution in [0.2, 0.25) is 0 Å². The molecule has 0 radical (unpaired) electrons. The Bertz CT molecular complexity index is 607. The largest absolute Gasteiger partial charge is 0.497 e. The summed E-state index contributed by atoms with van der Waals surface area (Å²) in [6, 6.07) is 7.84. The number of carbonyl (C=O) groups is 1. The third kappa shape index (κ3) is 3.98. The highest BCUT2D eigenvalue weighted by Gasteiger charge is 2.12. The van der Waals surface area contributed by atoms with Crippen molar-refractivity contribution >= 4 is 16.8 Å². The predicted octanol–water partition coefficient (Wildman–Crippen LogP) is 2.61. The number of nitrogens with one attached hydrogen (secondary N) is 2. The molecule has 0 spiro atoms. The molecule has 5 heteroatoms. The first-order valence-corrected chi connectivity index (χ1v) is 7.19. The number of ether oxygens (including phenoxy) is 2. The van der Waals surface area contributed by atoms with Crippen LogP contribution in [0.15, 0.2) is 24.3 Å². The van der Waals surface area contributed by atoms with Crippen LogP contribution in [0.1, 0.15) is 26.0 Å². The lowest BCUT2D eigenvalue weighted by Gasteiger charge is -2.12. The van der Waals surface area contributed by atoms with Crippen molar-refractivity contribution in [3.05, 3.63) is 30.0 Å². The van der Waals surface area contributed by atoms with Crippen LogP contribution >= 0.6 is 0 Å². The summed E-state index contributed by atoms with van der Waals surface area (Å²) in [4.78, 5) is 15.1. The average molecular weight is 290 g/mol. The van der Waals surface area contributed by atoms with E-state index in [-0.39, 0.29) is 5.91 Å². The predicted molar refractivity (Wildman–Crippen MR) is 82.4 cm³/mol. The molecule has 2 aromatic rings. The third-order valence-electron chi connectivity index (χ3n) is 3.28. The van der Waals surface area contributed by atoms with Gasteiger partial charge in [0.25, 0.3) is 0 Å². The number of aromatic amines is 1. The first-order chi connectivity index (χ1) is 10.1. The zero-order valence-corrected chi connectivity index (χ0v) is 12.7. The minimum atomic E-state index is -0.422. The summed E-state index contributed by atoms with van der Waals surface area (Å²) in [5, 5.41) is 3.93. The first kappa shape index (κ1) is 15.4. The van der Waals surface area contributed by atoms with Gasteiger partial charge in [0.15, 0.2) is 0 Å². The van der Waals surface area contributed by atoms with Crippen molar-refractivity contribution in [3.63, 3.8) is 0 Å². The summed E-state index contributed by atoms with van der Waals surface area (Å²) in [6.45, 7) is 4.83. The Morgan fingerprint density at radius 2 is 2.19 bits per heavy atom. The molecular weight excluding hydrogens is 268 g/mol. The van der Waals surface area contributed by atoms with Gasteiger partial charge in [0.2, 0.25) is 5.91 Å². The van der Waals surface area contributed by atoms with Crippen molar-refractivity contribution in [3.8, 4) is 5.75 Å². The summed E-state index contributed by atoms with van der Waals surface area (Å²) in [5.41, 5.74) is 1.98. The van der Waals surface area contributed by atoms with E-state index in [0.717, 1.165) is 28.8 Å². The molecule has 1 aromatic heterocycles. The fraction of sp³-hybridized carbons (Fsp3) is 0.438. The van der Waals surface area contributed by atoms with E-state index >= 15 is 0 Å². The smallest absolute Gasteiger partial charge is 0.249 e. The van der Waals surface area contributed by atoms with E-state index < -0.39 is 6.10 Å². The lowest BCUT2D eigenvalue weighted by Crippen LogP contribution is -2.34.